The molecule has 1 aliphatic rings. The number of aromatic nitrogens is 2. The third-order valence-corrected chi connectivity index (χ3v) is 4.68. The molecule has 0 radical (unpaired) electrons. The van der Waals surface area contributed by atoms with E-state index in [9.17, 15) is 4.79 Å². The minimum atomic E-state index is 0.109. The summed E-state index contributed by atoms with van der Waals surface area (Å²) in [5, 5.41) is 18.8. The van der Waals surface area contributed by atoms with Crippen LogP contribution in [0.25, 0.3) is 0 Å². The minimum absolute atomic E-state index is 0.109. The normalized spacial score (nSPS) is 15.6. The van der Waals surface area contributed by atoms with Crippen molar-refractivity contribution in [3.8, 4) is 6.07 Å². The van der Waals surface area contributed by atoms with Crippen LogP contribution in [0, 0.1) is 18.3 Å². The van der Waals surface area contributed by atoms with Gasteiger partial charge in [0.2, 0.25) is 11.0 Å². The lowest BCUT2D eigenvalue weighted by molar-refractivity contribution is -0.130. The number of rotatable bonds is 6. The summed E-state index contributed by atoms with van der Waals surface area (Å²) < 4.78 is 0. The number of nitriles is 1. The van der Waals surface area contributed by atoms with Crippen molar-refractivity contribution in [3.63, 3.8) is 0 Å². The molecule has 1 aromatic rings. The van der Waals surface area contributed by atoms with Crippen LogP contribution in [0.1, 0.15) is 17.8 Å². The topological polar surface area (TPSA) is 76.4 Å². The quantitative estimate of drug-likeness (QED) is 0.768. The summed E-state index contributed by atoms with van der Waals surface area (Å²) in [7, 11) is 1.76. The third kappa shape index (κ3) is 4.64. The first-order valence-corrected chi connectivity index (χ1v) is 8.30. The summed E-state index contributed by atoms with van der Waals surface area (Å²) in [6.45, 7) is 6.98. The first-order valence-electron chi connectivity index (χ1n) is 7.48. The van der Waals surface area contributed by atoms with Gasteiger partial charge < -0.3 is 9.80 Å². The molecule has 22 heavy (non-hydrogen) atoms. The molecular formula is C14H22N6OS. The highest BCUT2D eigenvalue weighted by Gasteiger charge is 2.20. The van der Waals surface area contributed by atoms with E-state index >= 15 is 0 Å². The van der Waals surface area contributed by atoms with Gasteiger partial charge in [-0.1, -0.05) is 11.3 Å². The van der Waals surface area contributed by atoms with E-state index in [1.165, 1.54) is 0 Å². The van der Waals surface area contributed by atoms with Crippen molar-refractivity contribution in [2.75, 3.05) is 51.2 Å². The molecule has 2 heterocycles. The summed E-state index contributed by atoms with van der Waals surface area (Å²) in [4.78, 5) is 18.1. The Kier molecular flexibility index (Phi) is 6.10. The fourth-order valence-corrected chi connectivity index (χ4v) is 3.10. The van der Waals surface area contributed by atoms with Gasteiger partial charge in [0.25, 0.3) is 0 Å². The van der Waals surface area contributed by atoms with Gasteiger partial charge in [0.05, 0.1) is 12.5 Å². The summed E-state index contributed by atoms with van der Waals surface area (Å²) in [5.74, 6) is 0.109. The fourth-order valence-electron chi connectivity index (χ4n) is 2.36. The highest BCUT2D eigenvalue weighted by atomic mass is 32.1. The van der Waals surface area contributed by atoms with Crippen molar-refractivity contribution in [2.45, 2.75) is 19.8 Å². The molecule has 7 nitrogen and oxygen atoms in total. The van der Waals surface area contributed by atoms with Crippen molar-refractivity contribution in [2.24, 2.45) is 0 Å². The first-order chi connectivity index (χ1) is 10.6. The Morgan fingerprint density at radius 3 is 2.68 bits per heavy atom. The Hall–Kier alpha value is -1.72. The predicted octanol–water partition coefficient (Wildman–Crippen LogP) is 0.731. The average molecular weight is 322 g/mol. The zero-order valence-electron chi connectivity index (χ0n) is 13.2. The van der Waals surface area contributed by atoms with Crippen LogP contribution >= 0.6 is 11.3 Å². The van der Waals surface area contributed by atoms with Gasteiger partial charge in [0.15, 0.2) is 0 Å². The van der Waals surface area contributed by atoms with Crippen LogP contribution in [-0.2, 0) is 4.79 Å². The average Bonchev–Trinajstić information content (AvgIpc) is 2.97. The van der Waals surface area contributed by atoms with E-state index in [4.69, 9.17) is 5.26 Å². The van der Waals surface area contributed by atoms with Crippen molar-refractivity contribution in [1.82, 2.24) is 20.0 Å². The molecule has 0 aromatic carbocycles. The highest BCUT2D eigenvalue weighted by Crippen LogP contribution is 2.20. The lowest BCUT2D eigenvalue weighted by Crippen LogP contribution is -2.47. The molecule has 0 bridgehead atoms. The van der Waals surface area contributed by atoms with Crippen LogP contribution < -0.4 is 4.90 Å². The van der Waals surface area contributed by atoms with Gasteiger partial charge >= 0.3 is 0 Å². The van der Waals surface area contributed by atoms with Crippen molar-refractivity contribution < 1.29 is 4.79 Å². The largest absolute Gasteiger partial charge is 0.345 e. The molecule has 1 saturated heterocycles. The number of piperazine rings is 1. The lowest BCUT2D eigenvalue weighted by Gasteiger charge is -2.34. The number of amides is 1. The summed E-state index contributed by atoms with van der Waals surface area (Å²) in [6.07, 6.45) is 0.905. The Morgan fingerprint density at radius 2 is 2.09 bits per heavy atom. The van der Waals surface area contributed by atoms with Gasteiger partial charge in [-0.3, -0.25) is 9.69 Å². The van der Waals surface area contributed by atoms with E-state index < -0.39 is 0 Å². The Bertz CT molecular complexity index is 532. The highest BCUT2D eigenvalue weighted by molar-refractivity contribution is 7.15. The SMILES string of the molecule is Cc1nnc(N2CCN(CCC(=O)N(C)CCC#N)CC2)s1. The molecule has 120 valence electrons. The van der Waals surface area contributed by atoms with E-state index in [0.29, 0.717) is 19.4 Å². The molecule has 1 aliphatic heterocycles. The van der Waals surface area contributed by atoms with Gasteiger partial charge in [-0.15, -0.1) is 10.2 Å². The molecule has 0 spiro atoms. The number of aryl methyl sites for hydroxylation is 1. The van der Waals surface area contributed by atoms with E-state index in [1.807, 2.05) is 6.92 Å². The van der Waals surface area contributed by atoms with Crippen LogP contribution in [0.15, 0.2) is 0 Å². The van der Waals surface area contributed by atoms with Gasteiger partial charge in [-0.2, -0.15) is 5.26 Å². The number of hydrogen-bond acceptors (Lipinski definition) is 7. The molecule has 0 saturated carbocycles. The van der Waals surface area contributed by atoms with Crippen molar-refractivity contribution in [1.29, 1.82) is 5.26 Å². The zero-order valence-corrected chi connectivity index (χ0v) is 14.0. The fraction of sp³-hybridized carbons (Fsp3) is 0.714. The maximum atomic E-state index is 11.9. The minimum Gasteiger partial charge on any atom is -0.345 e. The third-order valence-electron chi connectivity index (χ3n) is 3.78. The molecular weight excluding hydrogens is 300 g/mol. The molecule has 1 amide bonds. The molecule has 2 rings (SSSR count). The van der Waals surface area contributed by atoms with E-state index in [-0.39, 0.29) is 5.91 Å². The number of anilines is 1. The second-order valence-corrected chi connectivity index (χ2v) is 6.57. The van der Waals surface area contributed by atoms with E-state index in [0.717, 1.165) is 42.9 Å². The zero-order chi connectivity index (χ0) is 15.9. The number of carbonyl (C=O) groups excluding carboxylic acids is 1. The van der Waals surface area contributed by atoms with E-state index in [1.54, 1.807) is 23.3 Å². The van der Waals surface area contributed by atoms with Gasteiger partial charge in [0, 0.05) is 52.7 Å². The second kappa shape index (κ2) is 8.06. The smallest absolute Gasteiger partial charge is 0.223 e. The van der Waals surface area contributed by atoms with Crippen LogP contribution in [0.5, 0.6) is 0 Å². The van der Waals surface area contributed by atoms with Crippen LogP contribution in [0.2, 0.25) is 0 Å². The standard InChI is InChI=1S/C14H22N6OS/c1-12-16-17-14(22-12)20-10-8-19(9-11-20)7-4-13(21)18(2)6-3-5-15/h3-4,6-11H2,1-2H3. The number of carbonyl (C=O) groups is 1. The maximum Gasteiger partial charge on any atom is 0.223 e. The molecule has 8 heteroatoms. The maximum absolute atomic E-state index is 11.9. The van der Waals surface area contributed by atoms with Crippen LogP contribution in [0.4, 0.5) is 5.13 Å². The van der Waals surface area contributed by atoms with Crippen molar-refractivity contribution in [3.05, 3.63) is 5.01 Å². The Balaban J connectivity index is 1.69. The van der Waals surface area contributed by atoms with Gasteiger partial charge in [-0.05, 0) is 6.92 Å². The number of hydrogen-bond donors (Lipinski definition) is 0. The Labute approximate surface area is 135 Å². The lowest BCUT2D eigenvalue weighted by atomic mass is 10.2. The molecule has 0 atom stereocenters. The molecule has 1 aromatic heterocycles. The molecule has 1 fully saturated rings. The monoisotopic (exact) mass is 322 g/mol. The van der Waals surface area contributed by atoms with E-state index in [2.05, 4.69) is 26.1 Å². The predicted molar refractivity (Wildman–Crippen MR) is 85.8 cm³/mol. The summed E-state index contributed by atoms with van der Waals surface area (Å²) in [5.41, 5.74) is 0. The molecule has 0 aliphatic carbocycles. The van der Waals surface area contributed by atoms with Crippen molar-refractivity contribution >= 4 is 22.4 Å². The Morgan fingerprint density at radius 1 is 1.36 bits per heavy atom. The van der Waals surface area contributed by atoms with Crippen LogP contribution in [0.3, 0.4) is 0 Å². The number of nitrogens with zero attached hydrogens (tertiary/aromatic N) is 6. The molecule has 0 N–H and O–H groups in total. The second-order valence-electron chi connectivity index (χ2n) is 5.41. The first kappa shape index (κ1) is 16.6. The van der Waals surface area contributed by atoms with Crippen LogP contribution in [-0.4, -0.2) is 72.2 Å². The van der Waals surface area contributed by atoms with Gasteiger partial charge in [-0.25, -0.2) is 0 Å². The molecule has 0 unspecified atom stereocenters. The van der Waals surface area contributed by atoms with Gasteiger partial charge in [0.1, 0.15) is 5.01 Å². The summed E-state index contributed by atoms with van der Waals surface area (Å²) >= 11 is 1.62. The summed E-state index contributed by atoms with van der Waals surface area (Å²) in [6, 6.07) is 2.06.